The van der Waals surface area contributed by atoms with Crippen LogP contribution in [0.15, 0.2) is 42.9 Å². The average Bonchev–Trinajstić information content (AvgIpc) is 3.31. The van der Waals surface area contributed by atoms with E-state index in [1.54, 1.807) is 23.1 Å². The van der Waals surface area contributed by atoms with E-state index in [1.165, 1.54) is 29.8 Å². The third kappa shape index (κ3) is 2.73. The summed E-state index contributed by atoms with van der Waals surface area (Å²) in [6.07, 6.45) is 5.09. The Morgan fingerprint density at radius 2 is 2.07 bits per heavy atom. The fraction of sp³-hybridized carbons (Fsp3) is 0.105. The minimum Gasteiger partial charge on any atom is -0.480 e. The van der Waals surface area contributed by atoms with Gasteiger partial charge < -0.3 is 9.84 Å². The number of benzene rings is 1. The van der Waals surface area contributed by atoms with Crippen LogP contribution in [0.2, 0.25) is 0 Å². The Morgan fingerprint density at radius 1 is 1.25 bits per heavy atom. The first kappa shape index (κ1) is 17.2. The number of nitrogens with zero attached hydrogens (tertiary/aromatic N) is 6. The molecule has 0 amide bonds. The van der Waals surface area contributed by atoms with Crippen LogP contribution in [-0.4, -0.2) is 42.6 Å². The van der Waals surface area contributed by atoms with Gasteiger partial charge in [0.1, 0.15) is 0 Å². The van der Waals surface area contributed by atoms with Crippen molar-refractivity contribution in [3.05, 3.63) is 54.0 Å². The van der Waals surface area contributed by atoms with E-state index in [1.807, 2.05) is 13.2 Å². The zero-order valence-electron chi connectivity index (χ0n) is 15.0. The van der Waals surface area contributed by atoms with Crippen LogP contribution in [0.4, 0.5) is 0 Å². The fourth-order valence-corrected chi connectivity index (χ4v) is 2.99. The molecule has 0 radical (unpaired) electrons. The molecule has 0 saturated heterocycles. The Bertz CT molecular complexity index is 1260. The van der Waals surface area contributed by atoms with Gasteiger partial charge in [0.2, 0.25) is 5.88 Å². The molecule has 4 rings (SSSR count). The molecule has 3 heterocycles. The van der Waals surface area contributed by atoms with Gasteiger partial charge in [-0.2, -0.15) is 10.4 Å². The Hall–Kier alpha value is -4.19. The number of carboxylic acids is 1. The molecular formula is C19H14N6O3. The van der Waals surface area contributed by atoms with Gasteiger partial charge in [0, 0.05) is 24.4 Å². The molecular weight excluding hydrogens is 360 g/mol. The number of hydrogen-bond donors (Lipinski definition) is 1. The maximum atomic E-state index is 11.3. The molecule has 1 aromatic carbocycles. The van der Waals surface area contributed by atoms with E-state index >= 15 is 0 Å². The predicted octanol–water partition coefficient (Wildman–Crippen LogP) is 2.38. The molecule has 1 N–H and O–H groups in total. The van der Waals surface area contributed by atoms with Crippen LogP contribution in [0.1, 0.15) is 15.9 Å². The van der Waals surface area contributed by atoms with Crippen LogP contribution in [0, 0.1) is 11.3 Å². The van der Waals surface area contributed by atoms with Crippen molar-refractivity contribution in [3.8, 4) is 34.3 Å². The number of ether oxygens (including phenoxy) is 1. The molecule has 0 aliphatic carbocycles. The number of fused-ring (bicyclic) bond motifs is 1. The van der Waals surface area contributed by atoms with E-state index in [0.717, 1.165) is 11.1 Å². The summed E-state index contributed by atoms with van der Waals surface area (Å²) in [5.74, 6) is -0.725. The number of nitriles is 1. The summed E-state index contributed by atoms with van der Waals surface area (Å²) < 4.78 is 8.64. The van der Waals surface area contributed by atoms with E-state index in [-0.39, 0.29) is 5.56 Å². The number of aryl methyl sites for hydroxylation is 1. The van der Waals surface area contributed by atoms with Gasteiger partial charge in [0.25, 0.3) is 0 Å². The van der Waals surface area contributed by atoms with Crippen molar-refractivity contribution in [1.82, 2.24) is 24.4 Å². The molecule has 9 heteroatoms. The number of carbonyl (C=O) groups is 1. The van der Waals surface area contributed by atoms with E-state index in [0.29, 0.717) is 28.3 Å². The van der Waals surface area contributed by atoms with E-state index in [4.69, 9.17) is 4.74 Å². The summed E-state index contributed by atoms with van der Waals surface area (Å²) in [7, 11) is 3.32. The zero-order chi connectivity index (χ0) is 19.8. The van der Waals surface area contributed by atoms with Crippen LogP contribution in [0.25, 0.3) is 28.0 Å². The van der Waals surface area contributed by atoms with Gasteiger partial charge in [-0.05, 0) is 24.3 Å². The lowest BCUT2D eigenvalue weighted by atomic mass is 10.0. The standard InChI is InChI=1S/C19H14N6O3/c1-24-10-13(8-22-24)15-6-17-21-9-16(25(17)23-18(15)28-2)14-5-11(19(26)27)3-4-12(14)7-20/h3-6,8-10H,1-2H3,(H,26,27). The van der Waals surface area contributed by atoms with Gasteiger partial charge in [-0.25, -0.2) is 14.3 Å². The summed E-state index contributed by atoms with van der Waals surface area (Å²) in [5, 5.41) is 27.4. The van der Waals surface area contributed by atoms with Crippen molar-refractivity contribution in [2.45, 2.75) is 0 Å². The summed E-state index contributed by atoms with van der Waals surface area (Å²) in [5.41, 5.74) is 3.39. The highest BCUT2D eigenvalue weighted by atomic mass is 16.5. The Balaban J connectivity index is 1.95. The Morgan fingerprint density at radius 3 is 2.71 bits per heavy atom. The number of carboxylic acid groups (broad SMARTS) is 1. The van der Waals surface area contributed by atoms with E-state index < -0.39 is 5.97 Å². The monoisotopic (exact) mass is 374 g/mol. The third-order valence-corrected chi connectivity index (χ3v) is 4.33. The number of imidazole rings is 1. The molecule has 4 aromatic rings. The van der Waals surface area contributed by atoms with E-state index in [2.05, 4.69) is 21.3 Å². The van der Waals surface area contributed by atoms with Gasteiger partial charge in [-0.15, -0.1) is 5.10 Å². The molecule has 0 unspecified atom stereocenters. The highest BCUT2D eigenvalue weighted by Gasteiger charge is 2.18. The van der Waals surface area contributed by atoms with Gasteiger partial charge in [-0.1, -0.05) is 0 Å². The first-order valence-corrected chi connectivity index (χ1v) is 8.21. The van der Waals surface area contributed by atoms with Crippen LogP contribution in [0.5, 0.6) is 5.88 Å². The lowest BCUT2D eigenvalue weighted by Crippen LogP contribution is -2.02. The first-order valence-electron chi connectivity index (χ1n) is 8.21. The van der Waals surface area contributed by atoms with Crippen LogP contribution < -0.4 is 4.74 Å². The molecule has 0 atom stereocenters. The van der Waals surface area contributed by atoms with Gasteiger partial charge >= 0.3 is 5.97 Å². The first-order chi connectivity index (χ1) is 13.5. The molecule has 0 fully saturated rings. The SMILES string of the molecule is COc1nn2c(-c3cc(C(=O)O)ccc3C#N)cnc2cc1-c1cnn(C)c1. The normalized spacial score (nSPS) is 10.8. The molecule has 0 bridgehead atoms. The zero-order valence-corrected chi connectivity index (χ0v) is 15.0. The minimum atomic E-state index is -1.08. The Labute approximate surface area is 159 Å². The quantitative estimate of drug-likeness (QED) is 0.582. The topological polar surface area (TPSA) is 118 Å². The fourth-order valence-electron chi connectivity index (χ4n) is 2.99. The predicted molar refractivity (Wildman–Crippen MR) is 98.9 cm³/mol. The van der Waals surface area contributed by atoms with Crippen molar-refractivity contribution in [1.29, 1.82) is 5.26 Å². The van der Waals surface area contributed by atoms with Crippen LogP contribution in [-0.2, 0) is 7.05 Å². The molecule has 0 saturated carbocycles. The lowest BCUT2D eigenvalue weighted by molar-refractivity contribution is 0.0697. The minimum absolute atomic E-state index is 0.0721. The second kappa shape index (κ2) is 6.51. The largest absolute Gasteiger partial charge is 0.480 e. The Kier molecular flexibility index (Phi) is 4.01. The van der Waals surface area contributed by atoms with Crippen molar-refractivity contribution in [2.75, 3.05) is 7.11 Å². The summed E-state index contributed by atoms with van der Waals surface area (Å²) >= 11 is 0. The second-order valence-corrected chi connectivity index (χ2v) is 6.06. The number of rotatable bonds is 4. The molecule has 0 spiro atoms. The van der Waals surface area contributed by atoms with Gasteiger partial charge in [0.05, 0.1) is 48.0 Å². The van der Waals surface area contributed by atoms with Crippen molar-refractivity contribution in [3.63, 3.8) is 0 Å². The maximum absolute atomic E-state index is 11.3. The molecule has 28 heavy (non-hydrogen) atoms. The lowest BCUT2D eigenvalue weighted by Gasteiger charge is -2.09. The second-order valence-electron chi connectivity index (χ2n) is 6.06. The number of aromatic carboxylic acids is 1. The van der Waals surface area contributed by atoms with Crippen molar-refractivity contribution >= 4 is 11.6 Å². The van der Waals surface area contributed by atoms with Crippen LogP contribution in [0.3, 0.4) is 0 Å². The summed E-state index contributed by atoms with van der Waals surface area (Å²) in [4.78, 5) is 15.7. The highest BCUT2D eigenvalue weighted by molar-refractivity contribution is 5.90. The number of methoxy groups -OCH3 is 1. The molecule has 0 aliphatic rings. The highest BCUT2D eigenvalue weighted by Crippen LogP contribution is 2.31. The smallest absolute Gasteiger partial charge is 0.335 e. The summed E-state index contributed by atoms with van der Waals surface area (Å²) in [6.45, 7) is 0. The van der Waals surface area contributed by atoms with Gasteiger partial charge in [0.15, 0.2) is 5.65 Å². The van der Waals surface area contributed by atoms with Crippen molar-refractivity contribution in [2.24, 2.45) is 7.05 Å². The number of aromatic nitrogens is 5. The summed E-state index contributed by atoms with van der Waals surface area (Å²) in [6, 6.07) is 8.18. The average molecular weight is 374 g/mol. The number of hydrogen-bond acceptors (Lipinski definition) is 6. The van der Waals surface area contributed by atoms with Crippen LogP contribution >= 0.6 is 0 Å². The molecule has 9 nitrogen and oxygen atoms in total. The van der Waals surface area contributed by atoms with Gasteiger partial charge in [-0.3, -0.25) is 4.68 Å². The molecule has 3 aromatic heterocycles. The maximum Gasteiger partial charge on any atom is 0.335 e. The molecule has 0 aliphatic heterocycles. The molecule has 138 valence electrons. The van der Waals surface area contributed by atoms with E-state index in [9.17, 15) is 15.2 Å². The van der Waals surface area contributed by atoms with Crippen molar-refractivity contribution < 1.29 is 14.6 Å². The third-order valence-electron chi connectivity index (χ3n) is 4.33.